The first-order valence-electron chi connectivity index (χ1n) is 4.59. The van der Waals surface area contributed by atoms with Gasteiger partial charge in [0, 0.05) is 24.2 Å². The van der Waals surface area contributed by atoms with E-state index in [1.807, 2.05) is 6.92 Å². The van der Waals surface area contributed by atoms with Crippen LogP contribution in [0.4, 0.5) is 4.39 Å². The second-order valence-corrected chi connectivity index (χ2v) is 2.95. The van der Waals surface area contributed by atoms with E-state index in [0.29, 0.717) is 17.8 Å². The van der Waals surface area contributed by atoms with Crippen LogP contribution in [0, 0.1) is 5.95 Å². The number of nitrogens with zero attached hydrogens (tertiary/aromatic N) is 4. The first kappa shape index (κ1) is 9.64. The summed E-state index contributed by atoms with van der Waals surface area (Å²) in [4.78, 5) is 15.7. The highest BCUT2D eigenvalue weighted by Gasteiger charge is 2.06. The summed E-state index contributed by atoms with van der Waals surface area (Å²) in [7, 11) is 0. The molecular weight excluding hydrogens is 195 g/mol. The highest BCUT2D eigenvalue weighted by atomic mass is 19.1. The van der Waals surface area contributed by atoms with Gasteiger partial charge in [0.05, 0.1) is 6.20 Å². The van der Waals surface area contributed by atoms with Crippen molar-refractivity contribution in [2.24, 2.45) is 0 Å². The molecule has 5 heteroatoms. The lowest BCUT2D eigenvalue weighted by molar-refractivity contribution is 0.577. The molecule has 15 heavy (non-hydrogen) atoms. The van der Waals surface area contributed by atoms with Gasteiger partial charge in [0.15, 0.2) is 5.82 Å². The van der Waals surface area contributed by atoms with Crippen molar-refractivity contribution in [3.63, 3.8) is 0 Å². The maximum Gasteiger partial charge on any atom is 0.216 e. The molecule has 2 heterocycles. The highest BCUT2D eigenvalue weighted by Crippen LogP contribution is 2.11. The molecule has 0 spiro atoms. The third kappa shape index (κ3) is 2.12. The topological polar surface area (TPSA) is 51.6 Å². The number of hydrogen-bond donors (Lipinski definition) is 0. The summed E-state index contributed by atoms with van der Waals surface area (Å²) < 4.78 is 13.1. The van der Waals surface area contributed by atoms with Crippen LogP contribution in [0.1, 0.15) is 12.6 Å². The number of halogens is 1. The Morgan fingerprint density at radius 1 is 1.27 bits per heavy atom. The van der Waals surface area contributed by atoms with E-state index in [0.717, 1.165) is 0 Å². The fourth-order valence-corrected chi connectivity index (χ4v) is 1.17. The van der Waals surface area contributed by atoms with Gasteiger partial charge in [-0.05, 0) is 6.42 Å². The lowest BCUT2D eigenvalue weighted by Gasteiger charge is -2.01. The van der Waals surface area contributed by atoms with Gasteiger partial charge >= 0.3 is 0 Å². The maximum atomic E-state index is 13.1. The lowest BCUT2D eigenvalue weighted by Crippen LogP contribution is -1.99. The Balaban J connectivity index is 2.49. The van der Waals surface area contributed by atoms with Gasteiger partial charge < -0.3 is 0 Å². The van der Waals surface area contributed by atoms with Gasteiger partial charge in [-0.2, -0.15) is 9.37 Å². The number of hydrogen-bond acceptors (Lipinski definition) is 4. The predicted molar refractivity (Wildman–Crippen MR) is 52.4 cm³/mol. The first-order valence-corrected chi connectivity index (χ1v) is 4.59. The zero-order chi connectivity index (χ0) is 10.7. The second-order valence-electron chi connectivity index (χ2n) is 2.95. The fraction of sp³-hybridized carbons (Fsp3) is 0.200. The SMILES string of the molecule is CCc1cc(F)nc(-c2cnccn2)n1. The van der Waals surface area contributed by atoms with E-state index in [1.165, 1.54) is 18.5 Å². The third-order valence-corrected chi connectivity index (χ3v) is 1.90. The van der Waals surface area contributed by atoms with Crippen LogP contribution in [0.5, 0.6) is 0 Å². The van der Waals surface area contributed by atoms with Crippen molar-refractivity contribution in [1.29, 1.82) is 0 Å². The van der Waals surface area contributed by atoms with Gasteiger partial charge in [0.1, 0.15) is 5.69 Å². The van der Waals surface area contributed by atoms with E-state index >= 15 is 0 Å². The van der Waals surface area contributed by atoms with Crippen LogP contribution in [0.2, 0.25) is 0 Å². The Morgan fingerprint density at radius 2 is 2.13 bits per heavy atom. The van der Waals surface area contributed by atoms with Gasteiger partial charge in [0.2, 0.25) is 5.95 Å². The molecule has 0 aliphatic heterocycles. The molecule has 4 nitrogen and oxygen atoms in total. The molecule has 0 amide bonds. The Kier molecular flexibility index (Phi) is 2.62. The first-order chi connectivity index (χ1) is 7.29. The minimum absolute atomic E-state index is 0.278. The number of aromatic nitrogens is 4. The molecule has 0 N–H and O–H groups in total. The van der Waals surface area contributed by atoms with Crippen LogP contribution < -0.4 is 0 Å². The summed E-state index contributed by atoms with van der Waals surface area (Å²) >= 11 is 0. The molecule has 0 unspecified atom stereocenters. The maximum absolute atomic E-state index is 13.1. The van der Waals surface area contributed by atoms with E-state index in [4.69, 9.17) is 0 Å². The number of aryl methyl sites for hydroxylation is 1. The molecule has 0 saturated heterocycles. The van der Waals surface area contributed by atoms with Crippen molar-refractivity contribution >= 4 is 0 Å². The average molecular weight is 204 g/mol. The van der Waals surface area contributed by atoms with Gasteiger partial charge in [0.25, 0.3) is 0 Å². The molecule has 2 rings (SSSR count). The molecule has 0 aliphatic carbocycles. The molecule has 0 atom stereocenters. The zero-order valence-corrected chi connectivity index (χ0v) is 8.18. The monoisotopic (exact) mass is 204 g/mol. The van der Waals surface area contributed by atoms with Crippen molar-refractivity contribution in [2.75, 3.05) is 0 Å². The van der Waals surface area contributed by atoms with Crippen molar-refractivity contribution in [1.82, 2.24) is 19.9 Å². The molecule has 2 aromatic heterocycles. The second kappa shape index (κ2) is 4.08. The van der Waals surface area contributed by atoms with E-state index < -0.39 is 5.95 Å². The van der Waals surface area contributed by atoms with Crippen LogP contribution in [0.3, 0.4) is 0 Å². The quantitative estimate of drug-likeness (QED) is 0.698. The van der Waals surface area contributed by atoms with Crippen molar-refractivity contribution in [3.8, 4) is 11.5 Å². The van der Waals surface area contributed by atoms with Gasteiger partial charge in [-0.3, -0.25) is 4.98 Å². The van der Waals surface area contributed by atoms with Crippen LogP contribution in [-0.4, -0.2) is 19.9 Å². The summed E-state index contributed by atoms with van der Waals surface area (Å²) in [6.07, 6.45) is 5.24. The predicted octanol–water partition coefficient (Wildman–Crippen LogP) is 1.64. The molecule has 0 fully saturated rings. The molecular formula is C10H9FN4. The molecule has 0 saturated carbocycles. The van der Waals surface area contributed by atoms with Gasteiger partial charge in [-0.25, -0.2) is 9.97 Å². The summed E-state index contributed by atoms with van der Waals surface area (Å²) in [5.41, 5.74) is 1.13. The standard InChI is InChI=1S/C10H9FN4/c1-2-7-5-9(11)15-10(14-7)8-6-12-3-4-13-8/h3-6H,2H2,1H3. The van der Waals surface area contributed by atoms with Crippen molar-refractivity contribution in [2.45, 2.75) is 13.3 Å². The Morgan fingerprint density at radius 3 is 2.80 bits per heavy atom. The summed E-state index contributed by atoms with van der Waals surface area (Å²) in [5, 5.41) is 0. The average Bonchev–Trinajstić information content (AvgIpc) is 2.29. The minimum atomic E-state index is -0.539. The summed E-state index contributed by atoms with van der Waals surface area (Å²) in [6.45, 7) is 1.90. The largest absolute Gasteiger partial charge is 0.261 e. The minimum Gasteiger partial charge on any atom is -0.261 e. The highest BCUT2D eigenvalue weighted by molar-refractivity contribution is 5.46. The van der Waals surface area contributed by atoms with E-state index in [1.54, 1.807) is 6.20 Å². The van der Waals surface area contributed by atoms with E-state index in [9.17, 15) is 4.39 Å². The smallest absolute Gasteiger partial charge is 0.216 e. The van der Waals surface area contributed by atoms with E-state index in [-0.39, 0.29) is 5.82 Å². The van der Waals surface area contributed by atoms with E-state index in [2.05, 4.69) is 19.9 Å². The Hall–Kier alpha value is -1.91. The fourth-order valence-electron chi connectivity index (χ4n) is 1.17. The molecule has 0 aromatic carbocycles. The van der Waals surface area contributed by atoms with Crippen LogP contribution in [0.15, 0.2) is 24.7 Å². The normalized spacial score (nSPS) is 10.3. The molecule has 0 bridgehead atoms. The zero-order valence-electron chi connectivity index (χ0n) is 8.18. The molecule has 0 radical (unpaired) electrons. The molecule has 76 valence electrons. The van der Waals surface area contributed by atoms with Gasteiger partial charge in [-0.1, -0.05) is 6.92 Å². The van der Waals surface area contributed by atoms with Crippen molar-refractivity contribution < 1.29 is 4.39 Å². The van der Waals surface area contributed by atoms with Crippen molar-refractivity contribution in [3.05, 3.63) is 36.3 Å². The van der Waals surface area contributed by atoms with Crippen LogP contribution >= 0.6 is 0 Å². The van der Waals surface area contributed by atoms with Crippen LogP contribution in [0.25, 0.3) is 11.5 Å². The molecule has 0 aliphatic rings. The Bertz CT molecular complexity index is 458. The summed E-state index contributed by atoms with van der Waals surface area (Å²) in [6, 6.07) is 1.32. The third-order valence-electron chi connectivity index (χ3n) is 1.90. The summed E-state index contributed by atoms with van der Waals surface area (Å²) in [5.74, 6) is -0.262. The Labute approximate surface area is 86.3 Å². The molecule has 2 aromatic rings. The van der Waals surface area contributed by atoms with Gasteiger partial charge in [-0.15, -0.1) is 0 Å². The van der Waals surface area contributed by atoms with Crippen LogP contribution in [-0.2, 0) is 6.42 Å². The lowest BCUT2D eigenvalue weighted by atomic mass is 10.3. The number of rotatable bonds is 2.